The first kappa shape index (κ1) is 12.0. The molecule has 5 heteroatoms. The minimum atomic E-state index is -0.623. The second-order valence-corrected chi connectivity index (χ2v) is 3.54. The fourth-order valence-corrected chi connectivity index (χ4v) is 1.49. The van der Waals surface area contributed by atoms with Crippen molar-refractivity contribution in [3.8, 4) is 5.75 Å². The van der Waals surface area contributed by atoms with E-state index in [4.69, 9.17) is 9.15 Å². The van der Waals surface area contributed by atoms with Crippen LogP contribution in [0.5, 0.6) is 5.75 Å². The summed E-state index contributed by atoms with van der Waals surface area (Å²) < 4.78 is 9.95. The molecule has 2 rings (SSSR count). The van der Waals surface area contributed by atoms with Gasteiger partial charge in [0.2, 0.25) is 5.88 Å². The van der Waals surface area contributed by atoms with E-state index in [1.165, 1.54) is 0 Å². The summed E-state index contributed by atoms with van der Waals surface area (Å²) in [6, 6.07) is 9.18. The molecule has 0 atom stereocenters. The normalized spacial score (nSPS) is 10.1. The van der Waals surface area contributed by atoms with E-state index in [-0.39, 0.29) is 23.8 Å². The summed E-state index contributed by atoms with van der Waals surface area (Å²) >= 11 is 0. The van der Waals surface area contributed by atoms with Crippen molar-refractivity contribution in [2.24, 2.45) is 0 Å². The summed E-state index contributed by atoms with van der Waals surface area (Å²) in [6.07, 6.45) is 1.09. The van der Waals surface area contributed by atoms with Gasteiger partial charge in [-0.05, 0) is 19.1 Å². The second-order valence-electron chi connectivity index (χ2n) is 3.54. The van der Waals surface area contributed by atoms with E-state index in [9.17, 15) is 9.90 Å². The lowest BCUT2D eigenvalue weighted by Crippen LogP contribution is -2.06. The van der Waals surface area contributed by atoms with Gasteiger partial charge in [0.1, 0.15) is 6.26 Å². The van der Waals surface area contributed by atoms with Crippen molar-refractivity contribution < 1.29 is 19.1 Å². The Morgan fingerprint density at radius 1 is 1.39 bits per heavy atom. The topological polar surface area (TPSA) is 71.7 Å². The Bertz CT molecular complexity index is 533. The van der Waals surface area contributed by atoms with Crippen LogP contribution in [0.15, 0.2) is 41.0 Å². The summed E-state index contributed by atoms with van der Waals surface area (Å²) in [5.74, 6) is -0.703. The minimum absolute atomic E-state index is 0.000651. The molecular weight excluding hydrogens is 234 g/mol. The van der Waals surface area contributed by atoms with Crippen molar-refractivity contribution in [2.45, 2.75) is 6.92 Å². The average molecular weight is 247 g/mol. The van der Waals surface area contributed by atoms with E-state index in [0.29, 0.717) is 0 Å². The molecule has 0 radical (unpaired) electrons. The summed E-state index contributed by atoms with van der Waals surface area (Å²) in [5, 5.41) is 12.5. The Labute approximate surface area is 104 Å². The van der Waals surface area contributed by atoms with Gasteiger partial charge >= 0.3 is 5.97 Å². The van der Waals surface area contributed by atoms with Gasteiger partial charge in [0.15, 0.2) is 11.3 Å². The molecule has 1 aromatic heterocycles. The van der Waals surface area contributed by atoms with Crippen LogP contribution >= 0.6 is 0 Å². The number of carbonyl (C=O) groups is 1. The van der Waals surface area contributed by atoms with Gasteiger partial charge in [-0.3, -0.25) is 0 Å². The zero-order valence-electron chi connectivity index (χ0n) is 9.84. The Hall–Kier alpha value is -2.43. The number of hydrogen-bond donors (Lipinski definition) is 2. The molecule has 0 amide bonds. The quantitative estimate of drug-likeness (QED) is 0.813. The van der Waals surface area contributed by atoms with Gasteiger partial charge in [-0.2, -0.15) is 0 Å². The minimum Gasteiger partial charge on any atom is -0.504 e. The van der Waals surface area contributed by atoms with Crippen molar-refractivity contribution in [3.05, 3.63) is 42.2 Å². The maximum absolute atomic E-state index is 11.7. The molecule has 0 aliphatic carbocycles. The highest BCUT2D eigenvalue weighted by Gasteiger charge is 2.22. The van der Waals surface area contributed by atoms with Crippen molar-refractivity contribution in [3.63, 3.8) is 0 Å². The van der Waals surface area contributed by atoms with Gasteiger partial charge in [0.05, 0.1) is 6.61 Å². The molecule has 1 heterocycles. The van der Waals surface area contributed by atoms with Crippen LogP contribution in [0.4, 0.5) is 11.6 Å². The lowest BCUT2D eigenvalue weighted by Gasteiger charge is -2.05. The predicted octanol–water partition coefficient (Wildman–Crippen LogP) is 2.91. The third-order valence-electron chi connectivity index (χ3n) is 2.28. The van der Waals surface area contributed by atoms with Crippen LogP contribution in [0.25, 0.3) is 0 Å². The van der Waals surface area contributed by atoms with Crippen molar-refractivity contribution in [1.29, 1.82) is 0 Å². The van der Waals surface area contributed by atoms with Crippen LogP contribution in [-0.4, -0.2) is 17.7 Å². The molecule has 2 aromatic rings. The Morgan fingerprint density at radius 2 is 2.11 bits per heavy atom. The number of ether oxygens (including phenoxy) is 1. The second kappa shape index (κ2) is 5.27. The number of hydrogen-bond acceptors (Lipinski definition) is 5. The molecule has 0 fully saturated rings. The fraction of sp³-hybridized carbons (Fsp3) is 0.154. The summed E-state index contributed by atoms with van der Waals surface area (Å²) in [4.78, 5) is 11.7. The van der Waals surface area contributed by atoms with Crippen molar-refractivity contribution in [2.75, 3.05) is 11.9 Å². The molecule has 0 saturated heterocycles. The number of para-hydroxylation sites is 1. The lowest BCUT2D eigenvalue weighted by atomic mass is 10.2. The highest BCUT2D eigenvalue weighted by Crippen LogP contribution is 2.31. The molecule has 0 bridgehead atoms. The van der Waals surface area contributed by atoms with E-state index in [1.54, 1.807) is 6.92 Å². The smallest absolute Gasteiger partial charge is 0.347 e. The first-order valence-electron chi connectivity index (χ1n) is 5.52. The number of benzene rings is 1. The molecule has 0 aliphatic rings. The Kier molecular flexibility index (Phi) is 3.52. The fourth-order valence-electron chi connectivity index (χ4n) is 1.49. The summed E-state index contributed by atoms with van der Waals surface area (Å²) in [6.45, 7) is 1.92. The molecule has 5 nitrogen and oxygen atoms in total. The van der Waals surface area contributed by atoms with Crippen LogP contribution in [-0.2, 0) is 4.74 Å². The zero-order valence-corrected chi connectivity index (χ0v) is 9.84. The van der Waals surface area contributed by atoms with Crippen LogP contribution in [0, 0.1) is 0 Å². The van der Waals surface area contributed by atoms with Crippen LogP contribution in [0.2, 0.25) is 0 Å². The number of carbonyl (C=O) groups excluding carboxylic acids is 1. The van der Waals surface area contributed by atoms with Gasteiger partial charge in [0, 0.05) is 5.69 Å². The Balaban J connectivity index is 2.26. The van der Waals surface area contributed by atoms with Crippen molar-refractivity contribution >= 4 is 17.5 Å². The molecule has 0 unspecified atom stereocenters. The van der Waals surface area contributed by atoms with E-state index >= 15 is 0 Å². The van der Waals surface area contributed by atoms with E-state index in [1.807, 2.05) is 30.3 Å². The highest BCUT2D eigenvalue weighted by atomic mass is 16.5. The molecule has 1 aromatic carbocycles. The largest absolute Gasteiger partial charge is 0.504 e. The number of anilines is 2. The molecule has 94 valence electrons. The monoisotopic (exact) mass is 247 g/mol. The molecule has 0 aliphatic heterocycles. The summed E-state index contributed by atoms with van der Waals surface area (Å²) in [7, 11) is 0. The number of rotatable bonds is 4. The van der Waals surface area contributed by atoms with Gasteiger partial charge in [-0.15, -0.1) is 0 Å². The first-order chi connectivity index (χ1) is 8.72. The van der Waals surface area contributed by atoms with Crippen molar-refractivity contribution in [1.82, 2.24) is 0 Å². The highest BCUT2D eigenvalue weighted by molar-refractivity contribution is 5.98. The third-order valence-corrected chi connectivity index (χ3v) is 2.28. The lowest BCUT2D eigenvalue weighted by molar-refractivity contribution is 0.0524. The van der Waals surface area contributed by atoms with Gasteiger partial charge in [0.25, 0.3) is 0 Å². The van der Waals surface area contributed by atoms with Gasteiger partial charge < -0.3 is 19.6 Å². The number of aromatic hydroxyl groups is 1. The van der Waals surface area contributed by atoms with E-state index < -0.39 is 5.97 Å². The average Bonchev–Trinajstić information content (AvgIpc) is 2.72. The van der Waals surface area contributed by atoms with Gasteiger partial charge in [-0.1, -0.05) is 18.2 Å². The number of furan rings is 1. The van der Waals surface area contributed by atoms with Crippen LogP contribution in [0.3, 0.4) is 0 Å². The molecule has 2 N–H and O–H groups in total. The first-order valence-corrected chi connectivity index (χ1v) is 5.52. The SMILES string of the molecule is CCOC(=O)c1c(O)coc1Nc1ccccc1. The summed E-state index contributed by atoms with van der Waals surface area (Å²) in [5.41, 5.74) is 0.748. The Morgan fingerprint density at radius 3 is 2.78 bits per heavy atom. The third kappa shape index (κ3) is 2.45. The van der Waals surface area contributed by atoms with Gasteiger partial charge in [-0.25, -0.2) is 4.79 Å². The maximum Gasteiger partial charge on any atom is 0.347 e. The number of esters is 1. The molecule has 0 spiro atoms. The van der Waals surface area contributed by atoms with Crippen LogP contribution in [0.1, 0.15) is 17.3 Å². The zero-order chi connectivity index (χ0) is 13.0. The number of nitrogens with one attached hydrogen (secondary N) is 1. The molecular formula is C13H13NO4. The van der Waals surface area contributed by atoms with E-state index in [0.717, 1.165) is 12.0 Å². The molecule has 0 saturated carbocycles. The molecule has 18 heavy (non-hydrogen) atoms. The van der Waals surface area contributed by atoms with Crippen LogP contribution < -0.4 is 5.32 Å². The van der Waals surface area contributed by atoms with E-state index in [2.05, 4.69) is 5.32 Å². The maximum atomic E-state index is 11.7. The predicted molar refractivity (Wildman–Crippen MR) is 66.1 cm³/mol. The standard InChI is InChI=1S/C13H13NO4/c1-2-17-13(16)11-10(15)8-18-12(11)14-9-6-4-3-5-7-9/h3-8,14-15H,2H2,1H3.